The highest BCUT2D eigenvalue weighted by atomic mass is 16.5. The Bertz CT molecular complexity index is 1210. The number of aromatic nitrogens is 1. The topological polar surface area (TPSA) is 79.7 Å². The molecule has 1 aliphatic rings. The number of pyridine rings is 1. The molecule has 1 atom stereocenters. The molecule has 0 spiro atoms. The van der Waals surface area contributed by atoms with Gasteiger partial charge in [0.25, 0.3) is 11.7 Å². The number of hydrogen-bond donors (Lipinski definition) is 1. The van der Waals surface area contributed by atoms with Gasteiger partial charge in [-0.25, -0.2) is 0 Å². The predicted molar refractivity (Wildman–Crippen MR) is 130 cm³/mol. The summed E-state index contributed by atoms with van der Waals surface area (Å²) in [7, 11) is 0. The van der Waals surface area contributed by atoms with E-state index in [9.17, 15) is 14.7 Å². The van der Waals surface area contributed by atoms with Crippen LogP contribution in [0, 0.1) is 6.92 Å². The van der Waals surface area contributed by atoms with Crippen molar-refractivity contribution in [2.45, 2.75) is 39.3 Å². The van der Waals surface area contributed by atoms with Crippen molar-refractivity contribution < 1.29 is 19.4 Å². The number of amides is 1. The molecule has 2 aromatic carbocycles. The summed E-state index contributed by atoms with van der Waals surface area (Å²) >= 11 is 0. The van der Waals surface area contributed by atoms with Crippen molar-refractivity contribution in [2.24, 2.45) is 0 Å². The first-order chi connectivity index (χ1) is 16.5. The van der Waals surface area contributed by atoms with Gasteiger partial charge in [0.05, 0.1) is 18.2 Å². The number of aryl methyl sites for hydroxylation is 1. The molecule has 174 valence electrons. The minimum Gasteiger partial charge on any atom is -0.507 e. The summed E-state index contributed by atoms with van der Waals surface area (Å²) in [5.41, 5.74) is 2.96. The van der Waals surface area contributed by atoms with Gasteiger partial charge >= 0.3 is 0 Å². The van der Waals surface area contributed by atoms with E-state index in [0.717, 1.165) is 35.3 Å². The SMILES string of the molecule is CCCCOc1ccc(/C(O)=C2\C(=O)C(=O)N(Cc3cccnc3)[C@H]2c2ccccc2)cc1C. The third kappa shape index (κ3) is 4.71. The molecule has 0 saturated carbocycles. The summed E-state index contributed by atoms with van der Waals surface area (Å²) < 4.78 is 5.82. The molecule has 1 N–H and O–H groups in total. The summed E-state index contributed by atoms with van der Waals surface area (Å²) in [6.45, 7) is 4.83. The Balaban J connectivity index is 1.76. The highest BCUT2D eigenvalue weighted by Gasteiger charge is 2.46. The number of unbranched alkanes of at least 4 members (excludes halogenated alkanes) is 1. The summed E-state index contributed by atoms with van der Waals surface area (Å²) in [4.78, 5) is 31.9. The molecule has 0 bridgehead atoms. The summed E-state index contributed by atoms with van der Waals surface area (Å²) in [6.07, 6.45) is 5.32. The first-order valence-corrected chi connectivity index (χ1v) is 11.5. The smallest absolute Gasteiger partial charge is 0.295 e. The number of nitrogens with zero attached hydrogens (tertiary/aromatic N) is 2. The normalized spacial score (nSPS) is 17.2. The number of likely N-dealkylation sites (tertiary alicyclic amines) is 1. The van der Waals surface area contributed by atoms with E-state index >= 15 is 0 Å². The molecular formula is C28H28N2O4. The van der Waals surface area contributed by atoms with Crippen molar-refractivity contribution in [1.29, 1.82) is 0 Å². The van der Waals surface area contributed by atoms with Crippen molar-refractivity contribution in [3.8, 4) is 5.75 Å². The lowest BCUT2D eigenvalue weighted by Gasteiger charge is -2.25. The lowest BCUT2D eigenvalue weighted by molar-refractivity contribution is -0.140. The highest BCUT2D eigenvalue weighted by Crippen LogP contribution is 2.40. The molecule has 2 heterocycles. The number of carbonyl (C=O) groups is 2. The van der Waals surface area contributed by atoms with Crippen molar-refractivity contribution in [3.05, 3.63) is 101 Å². The fourth-order valence-electron chi connectivity index (χ4n) is 4.15. The van der Waals surface area contributed by atoms with E-state index in [-0.39, 0.29) is 17.9 Å². The number of aliphatic hydroxyl groups excluding tert-OH is 1. The second-order valence-corrected chi connectivity index (χ2v) is 8.38. The molecule has 1 fully saturated rings. The second kappa shape index (κ2) is 10.3. The largest absolute Gasteiger partial charge is 0.507 e. The zero-order valence-corrected chi connectivity index (χ0v) is 19.4. The zero-order chi connectivity index (χ0) is 24.1. The van der Waals surface area contributed by atoms with Crippen LogP contribution in [0.15, 0.2) is 78.6 Å². The molecule has 0 aliphatic carbocycles. The van der Waals surface area contributed by atoms with Crippen LogP contribution in [0.2, 0.25) is 0 Å². The van der Waals surface area contributed by atoms with Crippen LogP contribution in [0.4, 0.5) is 0 Å². The Morgan fingerprint density at radius 3 is 2.56 bits per heavy atom. The van der Waals surface area contributed by atoms with Crippen molar-refractivity contribution >= 4 is 17.4 Å². The van der Waals surface area contributed by atoms with Gasteiger partial charge in [-0.2, -0.15) is 0 Å². The molecule has 0 unspecified atom stereocenters. The Hall–Kier alpha value is -3.93. The number of Topliss-reactive ketones (excluding diaryl/α,β-unsaturated/α-hetero) is 1. The van der Waals surface area contributed by atoms with Gasteiger partial charge < -0.3 is 14.7 Å². The number of ketones is 1. The van der Waals surface area contributed by atoms with Crippen LogP contribution in [0.25, 0.3) is 5.76 Å². The maximum Gasteiger partial charge on any atom is 0.295 e. The van der Waals surface area contributed by atoms with Gasteiger partial charge in [0.1, 0.15) is 11.5 Å². The van der Waals surface area contributed by atoms with Gasteiger partial charge in [-0.3, -0.25) is 14.6 Å². The molecular weight excluding hydrogens is 428 g/mol. The number of carbonyl (C=O) groups excluding carboxylic acids is 2. The summed E-state index contributed by atoms with van der Waals surface area (Å²) in [5.74, 6) is -0.794. The Morgan fingerprint density at radius 1 is 1.09 bits per heavy atom. The monoisotopic (exact) mass is 456 g/mol. The van der Waals surface area contributed by atoms with Crippen LogP contribution in [-0.4, -0.2) is 33.3 Å². The van der Waals surface area contributed by atoms with Crippen LogP contribution < -0.4 is 4.74 Å². The quantitative estimate of drug-likeness (QED) is 0.218. The lowest BCUT2D eigenvalue weighted by Crippen LogP contribution is -2.29. The van der Waals surface area contributed by atoms with Crippen LogP contribution >= 0.6 is 0 Å². The fourth-order valence-corrected chi connectivity index (χ4v) is 4.15. The first kappa shape index (κ1) is 23.2. The van der Waals surface area contributed by atoms with E-state index in [1.165, 1.54) is 4.90 Å². The Labute approximate surface area is 199 Å². The Morgan fingerprint density at radius 2 is 1.88 bits per heavy atom. The average Bonchev–Trinajstić information content (AvgIpc) is 3.11. The number of hydrogen-bond acceptors (Lipinski definition) is 5. The third-order valence-electron chi connectivity index (χ3n) is 5.93. The van der Waals surface area contributed by atoms with Crippen LogP contribution in [-0.2, 0) is 16.1 Å². The maximum atomic E-state index is 13.2. The molecule has 1 aliphatic heterocycles. The van der Waals surface area contributed by atoms with Crippen LogP contribution in [0.3, 0.4) is 0 Å². The van der Waals surface area contributed by atoms with Crippen LogP contribution in [0.1, 0.15) is 48.1 Å². The number of benzene rings is 2. The van der Waals surface area contributed by atoms with Crippen LogP contribution in [0.5, 0.6) is 5.75 Å². The van der Waals surface area contributed by atoms with Gasteiger partial charge in [-0.1, -0.05) is 49.7 Å². The maximum absolute atomic E-state index is 13.2. The third-order valence-corrected chi connectivity index (χ3v) is 5.93. The second-order valence-electron chi connectivity index (χ2n) is 8.38. The molecule has 34 heavy (non-hydrogen) atoms. The predicted octanol–water partition coefficient (Wildman–Crippen LogP) is 5.19. The van der Waals surface area contributed by atoms with Gasteiger partial charge in [-0.15, -0.1) is 0 Å². The van der Waals surface area contributed by atoms with Gasteiger partial charge in [0, 0.05) is 24.5 Å². The zero-order valence-electron chi connectivity index (χ0n) is 19.4. The van der Waals surface area contributed by atoms with E-state index in [0.29, 0.717) is 12.2 Å². The summed E-state index contributed by atoms with van der Waals surface area (Å²) in [5, 5.41) is 11.3. The average molecular weight is 457 g/mol. The van der Waals surface area contributed by atoms with Gasteiger partial charge in [0.15, 0.2) is 0 Å². The van der Waals surface area contributed by atoms with Crippen molar-refractivity contribution in [2.75, 3.05) is 6.61 Å². The number of ether oxygens (including phenoxy) is 1. The fraction of sp³-hybridized carbons (Fsp3) is 0.250. The molecule has 0 radical (unpaired) electrons. The summed E-state index contributed by atoms with van der Waals surface area (Å²) in [6, 6.07) is 17.5. The van der Waals surface area contributed by atoms with Gasteiger partial charge in [0.2, 0.25) is 0 Å². The molecule has 1 aromatic heterocycles. The molecule has 3 aromatic rings. The van der Waals surface area contributed by atoms with E-state index in [2.05, 4.69) is 11.9 Å². The lowest BCUT2D eigenvalue weighted by atomic mass is 9.94. The van der Waals surface area contributed by atoms with E-state index < -0.39 is 17.7 Å². The molecule has 4 rings (SSSR count). The van der Waals surface area contributed by atoms with E-state index in [1.54, 1.807) is 36.7 Å². The molecule has 1 saturated heterocycles. The number of rotatable bonds is 8. The van der Waals surface area contributed by atoms with Crippen molar-refractivity contribution in [1.82, 2.24) is 9.88 Å². The first-order valence-electron chi connectivity index (χ1n) is 11.5. The minimum atomic E-state index is -0.706. The van der Waals surface area contributed by atoms with E-state index in [4.69, 9.17) is 4.74 Å². The molecule has 1 amide bonds. The number of aliphatic hydroxyl groups is 1. The van der Waals surface area contributed by atoms with Gasteiger partial charge in [-0.05, 0) is 54.3 Å². The van der Waals surface area contributed by atoms with E-state index in [1.807, 2.05) is 43.3 Å². The highest BCUT2D eigenvalue weighted by molar-refractivity contribution is 6.46. The standard InChI is InChI=1S/C28H28N2O4/c1-3-4-15-34-23-13-12-22(16-19(23)2)26(31)24-25(21-10-6-5-7-11-21)30(28(33)27(24)32)18-20-9-8-14-29-17-20/h5-14,16-17,25,31H,3-4,15,18H2,1-2H3/b26-24+/t25-/m0/s1. The molecule has 6 nitrogen and oxygen atoms in total. The molecule has 6 heteroatoms. The Kier molecular flexibility index (Phi) is 7.07. The van der Waals surface area contributed by atoms with Crippen molar-refractivity contribution in [3.63, 3.8) is 0 Å². The minimum absolute atomic E-state index is 0.0825.